The van der Waals surface area contributed by atoms with E-state index in [4.69, 9.17) is 9.47 Å². The van der Waals surface area contributed by atoms with Crippen molar-refractivity contribution in [2.24, 2.45) is 0 Å². The summed E-state index contributed by atoms with van der Waals surface area (Å²) in [6.45, 7) is 4.18. The second-order valence-corrected chi connectivity index (χ2v) is 22.9. The molecule has 0 saturated heterocycles. The fourth-order valence-electron chi connectivity index (χ4n) is 10.4. The van der Waals surface area contributed by atoms with Crippen LogP contribution in [0.3, 0.4) is 0 Å². The molecule has 0 amide bonds. The molecule has 1 unspecified atom stereocenters. The molecule has 0 aliphatic carbocycles. The summed E-state index contributed by atoms with van der Waals surface area (Å²) in [5.74, 6) is -0.576. The summed E-state index contributed by atoms with van der Waals surface area (Å²) < 4.78 is 10.7. The monoisotopic (exact) mass is 1040 g/mol. The molecule has 0 saturated carbocycles. The molecule has 0 aliphatic rings. The van der Waals surface area contributed by atoms with Crippen molar-refractivity contribution >= 4 is 11.9 Å². The third kappa shape index (κ3) is 62.7. The Morgan fingerprint density at radius 3 is 0.811 bits per heavy atom. The molecule has 0 fully saturated rings. The maximum atomic E-state index is 12.3. The lowest BCUT2D eigenvalue weighted by molar-refractivity contribution is -0.161. The van der Waals surface area contributed by atoms with Crippen LogP contribution < -0.4 is 0 Å². The number of allylic oxidation sites excluding steroid dienone is 6. The van der Waals surface area contributed by atoms with Crippen molar-refractivity contribution in [2.45, 2.75) is 380 Å². The van der Waals surface area contributed by atoms with Crippen LogP contribution >= 0.6 is 0 Å². The number of unbranched alkanes of at least 4 members (excludes halogenated alkanes) is 49. The summed E-state index contributed by atoms with van der Waals surface area (Å²) in [7, 11) is 0. The molecule has 0 aliphatic heterocycles. The van der Waals surface area contributed by atoms with Crippen LogP contribution in [0.4, 0.5) is 0 Å². The van der Waals surface area contributed by atoms with Crippen LogP contribution in [-0.4, -0.2) is 36.4 Å². The van der Waals surface area contributed by atoms with E-state index in [2.05, 4.69) is 50.3 Å². The number of ether oxygens (including phenoxy) is 2. The first-order valence-corrected chi connectivity index (χ1v) is 33.5. The number of hydrogen-bond donors (Lipinski definition) is 1. The average molecular weight is 1040 g/mol. The fourth-order valence-corrected chi connectivity index (χ4v) is 10.4. The second kappa shape index (κ2) is 65.4. The minimum Gasteiger partial charge on any atom is -0.462 e. The van der Waals surface area contributed by atoms with Crippen LogP contribution in [0.25, 0.3) is 0 Å². The lowest BCUT2D eigenvalue weighted by atomic mass is 10.0. The molecule has 0 radical (unpaired) electrons. The van der Waals surface area contributed by atoms with Crippen LogP contribution in [0, 0.1) is 0 Å². The Kier molecular flexibility index (Phi) is 63.7. The van der Waals surface area contributed by atoms with Gasteiger partial charge in [-0.1, -0.05) is 326 Å². The van der Waals surface area contributed by atoms with Crippen LogP contribution in [0.15, 0.2) is 36.5 Å². The molecule has 0 spiro atoms. The van der Waals surface area contributed by atoms with Gasteiger partial charge in [0.25, 0.3) is 0 Å². The summed E-state index contributed by atoms with van der Waals surface area (Å²) in [4.78, 5) is 24.6. The molecular formula is C69H130O5. The Morgan fingerprint density at radius 2 is 0.541 bits per heavy atom. The van der Waals surface area contributed by atoms with Gasteiger partial charge in [-0.05, 0) is 70.6 Å². The highest BCUT2D eigenvalue weighted by Crippen LogP contribution is 2.18. The first-order chi connectivity index (χ1) is 36.6. The fraction of sp³-hybridized carbons (Fsp3) is 0.884. The van der Waals surface area contributed by atoms with Crippen molar-refractivity contribution in [3.63, 3.8) is 0 Å². The van der Waals surface area contributed by atoms with Gasteiger partial charge in [0.05, 0.1) is 6.61 Å². The normalized spacial score (nSPS) is 12.3. The summed E-state index contributed by atoms with van der Waals surface area (Å²) >= 11 is 0. The molecule has 0 aromatic rings. The van der Waals surface area contributed by atoms with Crippen molar-refractivity contribution in [1.82, 2.24) is 0 Å². The number of aliphatic hydroxyl groups excluding tert-OH is 1. The third-order valence-electron chi connectivity index (χ3n) is 15.4. The maximum absolute atomic E-state index is 12.3. The van der Waals surface area contributed by atoms with Crippen LogP contribution in [-0.2, 0) is 19.1 Å². The zero-order valence-electron chi connectivity index (χ0n) is 50.1. The predicted molar refractivity (Wildman–Crippen MR) is 325 cm³/mol. The molecule has 0 aromatic carbocycles. The third-order valence-corrected chi connectivity index (χ3v) is 15.4. The van der Waals surface area contributed by atoms with Crippen LogP contribution in [0.2, 0.25) is 0 Å². The first kappa shape index (κ1) is 72.1. The lowest BCUT2D eigenvalue weighted by Gasteiger charge is -2.15. The average Bonchev–Trinajstić information content (AvgIpc) is 3.40. The van der Waals surface area contributed by atoms with Gasteiger partial charge in [-0.25, -0.2) is 0 Å². The van der Waals surface area contributed by atoms with Gasteiger partial charge in [-0.3, -0.25) is 9.59 Å². The molecular weight excluding hydrogens is 909 g/mol. The van der Waals surface area contributed by atoms with E-state index in [1.165, 1.54) is 308 Å². The molecule has 1 N–H and O–H groups in total. The molecule has 5 nitrogen and oxygen atoms in total. The topological polar surface area (TPSA) is 72.8 Å². The Balaban J connectivity index is 3.37. The summed E-state index contributed by atoms with van der Waals surface area (Å²) in [6.07, 6.45) is 86.1. The molecule has 0 rings (SSSR count). The number of carbonyl (C=O) groups excluding carboxylic acids is 2. The van der Waals surface area contributed by atoms with Crippen LogP contribution in [0.5, 0.6) is 0 Å². The van der Waals surface area contributed by atoms with Gasteiger partial charge in [0.15, 0.2) is 6.10 Å². The van der Waals surface area contributed by atoms with E-state index < -0.39 is 6.10 Å². The van der Waals surface area contributed by atoms with E-state index in [1.807, 2.05) is 0 Å². The van der Waals surface area contributed by atoms with E-state index in [9.17, 15) is 14.7 Å². The van der Waals surface area contributed by atoms with E-state index in [-0.39, 0.29) is 25.2 Å². The highest BCUT2D eigenvalue weighted by molar-refractivity contribution is 5.70. The highest BCUT2D eigenvalue weighted by atomic mass is 16.6. The Hall–Kier alpha value is -1.88. The van der Waals surface area contributed by atoms with Gasteiger partial charge in [0.2, 0.25) is 0 Å². The Bertz CT molecular complexity index is 1170. The summed E-state index contributed by atoms with van der Waals surface area (Å²) in [5.41, 5.74) is 0. The summed E-state index contributed by atoms with van der Waals surface area (Å²) in [6, 6.07) is 0. The summed E-state index contributed by atoms with van der Waals surface area (Å²) in [5, 5.41) is 9.67. The SMILES string of the molecule is CCCCCCC/C=C\C/C=C\CCCCCCCCCCCC(=O)OC(CO)COC(=O)CCCCCCCCCCCCCCCCCCCCCCCCCCCCC/C=C\CCCCCCCCCC. The quantitative estimate of drug-likeness (QED) is 0.0373. The molecule has 436 valence electrons. The molecule has 5 heteroatoms. The standard InChI is InChI=1S/C69H130O5/c1-3-5-7-9-11-13-15-17-19-21-23-25-26-27-28-29-30-31-32-33-34-35-36-37-38-39-40-41-42-44-45-47-49-51-53-55-57-59-61-63-68(71)73-66-67(65-70)74-69(72)64-62-60-58-56-54-52-50-48-46-43-24-22-20-18-16-14-12-10-8-6-4-2/h16,18,21-24,67,70H,3-15,17,19-20,25-66H2,1-2H3/b18-16-,23-21-,24-22-. The second-order valence-electron chi connectivity index (χ2n) is 22.9. The number of hydrogen-bond acceptors (Lipinski definition) is 5. The number of aliphatic hydroxyl groups is 1. The minimum absolute atomic E-state index is 0.0626. The number of rotatable bonds is 63. The van der Waals surface area contributed by atoms with Gasteiger partial charge >= 0.3 is 11.9 Å². The minimum atomic E-state index is -0.773. The van der Waals surface area contributed by atoms with Crippen molar-refractivity contribution in [1.29, 1.82) is 0 Å². The smallest absolute Gasteiger partial charge is 0.306 e. The van der Waals surface area contributed by atoms with Gasteiger partial charge in [0.1, 0.15) is 6.61 Å². The van der Waals surface area contributed by atoms with Crippen molar-refractivity contribution in [3.8, 4) is 0 Å². The van der Waals surface area contributed by atoms with Crippen molar-refractivity contribution < 1.29 is 24.2 Å². The zero-order chi connectivity index (χ0) is 53.4. The molecule has 0 heterocycles. The van der Waals surface area contributed by atoms with Crippen molar-refractivity contribution in [3.05, 3.63) is 36.5 Å². The molecule has 74 heavy (non-hydrogen) atoms. The zero-order valence-corrected chi connectivity index (χ0v) is 50.1. The Labute approximate surface area is 463 Å². The molecule has 0 bridgehead atoms. The highest BCUT2D eigenvalue weighted by Gasteiger charge is 2.16. The van der Waals surface area contributed by atoms with Crippen molar-refractivity contribution in [2.75, 3.05) is 13.2 Å². The van der Waals surface area contributed by atoms with Crippen LogP contribution in [0.1, 0.15) is 373 Å². The van der Waals surface area contributed by atoms with E-state index >= 15 is 0 Å². The Morgan fingerprint density at radius 1 is 0.311 bits per heavy atom. The maximum Gasteiger partial charge on any atom is 0.306 e. The van der Waals surface area contributed by atoms with E-state index in [1.54, 1.807) is 0 Å². The number of esters is 2. The van der Waals surface area contributed by atoms with Gasteiger partial charge < -0.3 is 14.6 Å². The van der Waals surface area contributed by atoms with Gasteiger partial charge in [0, 0.05) is 12.8 Å². The van der Waals surface area contributed by atoms with E-state index in [0.717, 1.165) is 38.5 Å². The molecule has 0 aromatic heterocycles. The van der Waals surface area contributed by atoms with Gasteiger partial charge in [-0.2, -0.15) is 0 Å². The van der Waals surface area contributed by atoms with Gasteiger partial charge in [-0.15, -0.1) is 0 Å². The predicted octanol–water partition coefficient (Wildman–Crippen LogP) is 23.0. The lowest BCUT2D eigenvalue weighted by Crippen LogP contribution is -2.28. The van der Waals surface area contributed by atoms with E-state index in [0.29, 0.717) is 12.8 Å². The first-order valence-electron chi connectivity index (χ1n) is 33.5. The number of carbonyl (C=O) groups is 2. The molecule has 1 atom stereocenters. The largest absolute Gasteiger partial charge is 0.462 e.